The number of nitrogens with zero attached hydrogens (tertiary/aromatic N) is 1. The van der Waals surface area contributed by atoms with E-state index in [-0.39, 0.29) is 13.4 Å². The number of hydrogen-bond acceptors (Lipinski definition) is 5. The third-order valence-corrected chi connectivity index (χ3v) is 4.87. The SMILES string of the molecule is O=C(Nc1c(-c2ccc3c(c2)OCO3)n[nH]c1C1CC1)OCc1ccccc1. The second-order valence-electron chi connectivity index (χ2n) is 6.89. The van der Waals surface area contributed by atoms with Gasteiger partial charge in [0.15, 0.2) is 11.5 Å². The summed E-state index contributed by atoms with van der Waals surface area (Å²) in [5.74, 6) is 1.77. The lowest BCUT2D eigenvalue weighted by Crippen LogP contribution is -2.14. The molecule has 1 aromatic heterocycles. The molecule has 1 aliphatic heterocycles. The summed E-state index contributed by atoms with van der Waals surface area (Å²) < 4.78 is 16.2. The van der Waals surface area contributed by atoms with E-state index < -0.39 is 6.09 Å². The molecule has 0 bridgehead atoms. The number of amides is 1. The maximum absolute atomic E-state index is 12.4. The van der Waals surface area contributed by atoms with Gasteiger partial charge in [0.25, 0.3) is 0 Å². The third kappa shape index (κ3) is 3.26. The zero-order valence-electron chi connectivity index (χ0n) is 15.1. The van der Waals surface area contributed by atoms with Gasteiger partial charge in [-0.05, 0) is 36.6 Å². The van der Waals surface area contributed by atoms with Crippen LogP contribution in [0.2, 0.25) is 0 Å². The lowest BCUT2D eigenvalue weighted by molar-refractivity contribution is 0.155. The Morgan fingerprint density at radius 1 is 1.14 bits per heavy atom. The number of hydrogen-bond donors (Lipinski definition) is 2. The maximum atomic E-state index is 12.4. The van der Waals surface area contributed by atoms with Crippen LogP contribution in [0.4, 0.5) is 10.5 Å². The Hall–Kier alpha value is -3.48. The summed E-state index contributed by atoms with van der Waals surface area (Å²) in [6.07, 6.45) is 1.65. The molecule has 1 amide bonds. The van der Waals surface area contributed by atoms with E-state index in [0.29, 0.717) is 28.8 Å². The molecule has 7 nitrogen and oxygen atoms in total. The average molecular weight is 377 g/mol. The molecule has 0 atom stereocenters. The molecular formula is C21H19N3O4. The molecule has 2 heterocycles. The molecule has 142 valence electrons. The largest absolute Gasteiger partial charge is 0.454 e. The van der Waals surface area contributed by atoms with Crippen molar-refractivity contribution in [2.45, 2.75) is 25.4 Å². The van der Waals surface area contributed by atoms with Crippen LogP contribution in [0.5, 0.6) is 11.5 Å². The number of carbonyl (C=O) groups excluding carboxylic acids is 1. The van der Waals surface area contributed by atoms with Crippen LogP contribution in [0.25, 0.3) is 11.3 Å². The highest BCUT2D eigenvalue weighted by Crippen LogP contribution is 2.46. The molecule has 5 rings (SSSR count). The molecule has 3 aromatic rings. The van der Waals surface area contributed by atoms with Gasteiger partial charge < -0.3 is 14.2 Å². The number of aromatic amines is 1. The van der Waals surface area contributed by atoms with Crippen molar-refractivity contribution < 1.29 is 19.0 Å². The fourth-order valence-electron chi connectivity index (χ4n) is 3.26. The molecule has 0 saturated heterocycles. The number of rotatable bonds is 5. The van der Waals surface area contributed by atoms with Crippen LogP contribution in [0, 0.1) is 0 Å². The fraction of sp³-hybridized carbons (Fsp3) is 0.238. The minimum Gasteiger partial charge on any atom is -0.454 e. The molecule has 2 N–H and O–H groups in total. The van der Waals surface area contributed by atoms with Crippen molar-refractivity contribution in [2.75, 3.05) is 12.1 Å². The summed E-state index contributed by atoms with van der Waals surface area (Å²) in [6.45, 7) is 0.423. The Bertz CT molecular complexity index is 1010. The van der Waals surface area contributed by atoms with Gasteiger partial charge in [-0.2, -0.15) is 5.10 Å². The van der Waals surface area contributed by atoms with E-state index in [1.807, 2.05) is 48.5 Å². The second-order valence-corrected chi connectivity index (χ2v) is 6.89. The molecule has 0 spiro atoms. The van der Waals surface area contributed by atoms with E-state index in [9.17, 15) is 4.79 Å². The zero-order valence-corrected chi connectivity index (χ0v) is 15.1. The highest BCUT2D eigenvalue weighted by atomic mass is 16.7. The van der Waals surface area contributed by atoms with Gasteiger partial charge in [0, 0.05) is 11.5 Å². The molecule has 28 heavy (non-hydrogen) atoms. The van der Waals surface area contributed by atoms with Crippen LogP contribution in [0.1, 0.15) is 30.0 Å². The lowest BCUT2D eigenvalue weighted by Gasteiger charge is -2.10. The number of aromatic nitrogens is 2. The number of benzene rings is 2. The van der Waals surface area contributed by atoms with E-state index >= 15 is 0 Å². The summed E-state index contributed by atoms with van der Waals surface area (Å²) in [6, 6.07) is 15.2. The fourth-order valence-corrected chi connectivity index (χ4v) is 3.26. The minimum atomic E-state index is -0.505. The van der Waals surface area contributed by atoms with Crippen LogP contribution >= 0.6 is 0 Å². The third-order valence-electron chi connectivity index (χ3n) is 4.87. The van der Waals surface area contributed by atoms with Crippen molar-refractivity contribution >= 4 is 11.8 Å². The Kier molecular flexibility index (Phi) is 4.12. The number of nitrogens with one attached hydrogen (secondary N) is 2. The average Bonchev–Trinajstić information content (AvgIpc) is 3.31. The predicted molar refractivity (Wildman–Crippen MR) is 102 cm³/mol. The van der Waals surface area contributed by atoms with Crippen molar-refractivity contribution in [3.05, 3.63) is 59.8 Å². The van der Waals surface area contributed by atoms with E-state index in [1.165, 1.54) is 0 Å². The minimum absolute atomic E-state index is 0.211. The van der Waals surface area contributed by atoms with E-state index in [2.05, 4.69) is 15.5 Å². The number of ether oxygens (including phenoxy) is 3. The van der Waals surface area contributed by atoms with Gasteiger partial charge in [-0.25, -0.2) is 4.79 Å². The number of H-pyrrole nitrogens is 1. The number of anilines is 1. The Balaban J connectivity index is 1.38. The van der Waals surface area contributed by atoms with Gasteiger partial charge in [0.1, 0.15) is 12.3 Å². The van der Waals surface area contributed by atoms with Gasteiger partial charge in [-0.15, -0.1) is 0 Å². The van der Waals surface area contributed by atoms with E-state index in [4.69, 9.17) is 14.2 Å². The zero-order chi connectivity index (χ0) is 18.9. The maximum Gasteiger partial charge on any atom is 0.412 e. The molecule has 2 aliphatic rings. The Morgan fingerprint density at radius 2 is 1.96 bits per heavy atom. The molecule has 0 radical (unpaired) electrons. The first-order valence-corrected chi connectivity index (χ1v) is 9.24. The number of carbonyl (C=O) groups is 1. The first-order chi connectivity index (χ1) is 13.8. The summed E-state index contributed by atoms with van der Waals surface area (Å²) in [7, 11) is 0. The molecule has 2 aromatic carbocycles. The summed E-state index contributed by atoms with van der Waals surface area (Å²) in [5, 5.41) is 10.4. The number of fused-ring (bicyclic) bond motifs is 1. The first-order valence-electron chi connectivity index (χ1n) is 9.24. The van der Waals surface area contributed by atoms with Crippen LogP contribution in [0.15, 0.2) is 48.5 Å². The molecule has 7 heteroatoms. The quantitative estimate of drug-likeness (QED) is 0.687. The molecule has 1 saturated carbocycles. The summed E-state index contributed by atoms with van der Waals surface area (Å²) >= 11 is 0. The highest BCUT2D eigenvalue weighted by molar-refractivity contribution is 5.92. The normalized spacial score (nSPS) is 14.7. The van der Waals surface area contributed by atoms with Crippen molar-refractivity contribution in [2.24, 2.45) is 0 Å². The van der Waals surface area contributed by atoms with Crippen molar-refractivity contribution in [3.63, 3.8) is 0 Å². The first kappa shape index (κ1) is 16.7. The molecule has 1 fully saturated rings. The van der Waals surface area contributed by atoms with Crippen LogP contribution in [-0.4, -0.2) is 23.1 Å². The lowest BCUT2D eigenvalue weighted by atomic mass is 10.1. The van der Waals surface area contributed by atoms with Crippen LogP contribution in [-0.2, 0) is 11.3 Å². The monoisotopic (exact) mass is 377 g/mol. The smallest absolute Gasteiger partial charge is 0.412 e. The molecular weight excluding hydrogens is 358 g/mol. The molecule has 1 aliphatic carbocycles. The van der Waals surface area contributed by atoms with Gasteiger partial charge >= 0.3 is 6.09 Å². The van der Waals surface area contributed by atoms with Gasteiger partial charge in [0.05, 0.1) is 11.4 Å². The van der Waals surface area contributed by atoms with Crippen LogP contribution in [0.3, 0.4) is 0 Å². The summed E-state index contributed by atoms with van der Waals surface area (Å²) in [5.41, 5.74) is 4.04. The second kappa shape index (κ2) is 6.92. The van der Waals surface area contributed by atoms with Gasteiger partial charge in [-0.1, -0.05) is 30.3 Å². The van der Waals surface area contributed by atoms with Gasteiger partial charge in [-0.3, -0.25) is 10.4 Å². The van der Waals surface area contributed by atoms with E-state index in [1.54, 1.807) is 0 Å². The highest BCUT2D eigenvalue weighted by Gasteiger charge is 2.31. The van der Waals surface area contributed by atoms with Crippen molar-refractivity contribution in [1.82, 2.24) is 10.2 Å². The Labute approximate surface area is 161 Å². The standard InChI is InChI=1S/C21H19N3O4/c25-21(26-11-13-4-2-1-3-5-13)22-20-18(14-6-7-14)23-24-19(20)15-8-9-16-17(10-15)28-12-27-16/h1-5,8-10,14H,6-7,11-12H2,(H,22,25)(H,23,24). The van der Waals surface area contributed by atoms with Crippen molar-refractivity contribution in [1.29, 1.82) is 0 Å². The van der Waals surface area contributed by atoms with Gasteiger partial charge in [0.2, 0.25) is 6.79 Å². The molecule has 0 unspecified atom stereocenters. The topological polar surface area (TPSA) is 85.5 Å². The van der Waals surface area contributed by atoms with Crippen LogP contribution < -0.4 is 14.8 Å². The van der Waals surface area contributed by atoms with E-state index in [0.717, 1.165) is 29.7 Å². The van der Waals surface area contributed by atoms with Crippen molar-refractivity contribution in [3.8, 4) is 22.8 Å². The Morgan fingerprint density at radius 3 is 2.79 bits per heavy atom. The summed E-state index contributed by atoms with van der Waals surface area (Å²) in [4.78, 5) is 12.4. The predicted octanol–water partition coefficient (Wildman–Crippen LogP) is 4.43.